The van der Waals surface area contributed by atoms with E-state index in [2.05, 4.69) is 5.32 Å². The molecule has 1 aromatic carbocycles. The monoisotopic (exact) mass is 212 g/mol. The minimum atomic E-state index is -0.342. The third-order valence-electron chi connectivity index (χ3n) is 2.34. The van der Waals surface area contributed by atoms with Crippen molar-refractivity contribution < 1.29 is 4.79 Å². The number of carbonyl (C=O) groups is 1. The highest BCUT2D eigenvalue weighted by Gasteiger charge is 2.29. The zero-order chi connectivity index (χ0) is 9.26. The lowest BCUT2D eigenvalue weighted by Gasteiger charge is -2.08. The van der Waals surface area contributed by atoms with Crippen molar-refractivity contribution in [2.24, 2.45) is 5.73 Å². The van der Waals surface area contributed by atoms with Gasteiger partial charge in [-0.1, -0.05) is 30.3 Å². The molecule has 0 bridgehead atoms. The van der Waals surface area contributed by atoms with Crippen molar-refractivity contribution in [3.8, 4) is 0 Å². The first-order valence-electron chi connectivity index (χ1n) is 4.38. The molecule has 76 valence electrons. The summed E-state index contributed by atoms with van der Waals surface area (Å²) in [5.74, 6) is -0.0474. The maximum Gasteiger partial charge on any atom is 0.237 e. The lowest BCUT2D eigenvalue weighted by molar-refractivity contribution is -0.120. The summed E-state index contributed by atoms with van der Waals surface area (Å²) in [6.45, 7) is 0. The van der Waals surface area contributed by atoms with Crippen molar-refractivity contribution in [2.45, 2.75) is 18.5 Å². The summed E-state index contributed by atoms with van der Waals surface area (Å²) in [5, 5.41) is 2.86. The van der Waals surface area contributed by atoms with E-state index in [1.54, 1.807) is 0 Å². The van der Waals surface area contributed by atoms with E-state index in [-0.39, 0.29) is 30.4 Å². The SMILES string of the molecule is Cl.N[C@@H]1C[C@H](c2ccccc2)NC1=O. The molecule has 1 aromatic rings. The van der Waals surface area contributed by atoms with Crippen LogP contribution in [0.1, 0.15) is 18.0 Å². The van der Waals surface area contributed by atoms with Gasteiger partial charge in [-0.05, 0) is 12.0 Å². The molecular formula is C10H13ClN2O. The lowest BCUT2D eigenvalue weighted by Crippen LogP contribution is -2.30. The quantitative estimate of drug-likeness (QED) is 0.730. The fourth-order valence-electron chi connectivity index (χ4n) is 1.60. The first-order valence-corrected chi connectivity index (χ1v) is 4.38. The number of nitrogens with one attached hydrogen (secondary N) is 1. The summed E-state index contributed by atoms with van der Waals surface area (Å²) < 4.78 is 0. The Morgan fingerprint density at radius 2 is 1.93 bits per heavy atom. The van der Waals surface area contributed by atoms with E-state index >= 15 is 0 Å². The third-order valence-corrected chi connectivity index (χ3v) is 2.34. The summed E-state index contributed by atoms with van der Waals surface area (Å²) >= 11 is 0. The molecule has 0 aliphatic carbocycles. The predicted octanol–water partition coefficient (Wildman–Crippen LogP) is 0.997. The Bertz CT molecular complexity index is 315. The normalized spacial score (nSPS) is 25.4. The first-order chi connectivity index (χ1) is 6.27. The van der Waals surface area contributed by atoms with Gasteiger partial charge in [-0.25, -0.2) is 0 Å². The molecule has 1 amide bonds. The number of amides is 1. The van der Waals surface area contributed by atoms with E-state index in [4.69, 9.17) is 5.73 Å². The van der Waals surface area contributed by atoms with Gasteiger partial charge in [-0.15, -0.1) is 12.4 Å². The lowest BCUT2D eigenvalue weighted by atomic mass is 10.0. The van der Waals surface area contributed by atoms with Crippen molar-refractivity contribution in [2.75, 3.05) is 0 Å². The van der Waals surface area contributed by atoms with Crippen LogP contribution in [-0.2, 0) is 4.79 Å². The van der Waals surface area contributed by atoms with Crippen molar-refractivity contribution in [1.82, 2.24) is 5.32 Å². The van der Waals surface area contributed by atoms with Crippen molar-refractivity contribution in [1.29, 1.82) is 0 Å². The van der Waals surface area contributed by atoms with Crippen LogP contribution in [0.4, 0.5) is 0 Å². The fraction of sp³-hybridized carbons (Fsp3) is 0.300. The molecule has 0 spiro atoms. The molecule has 1 saturated heterocycles. The van der Waals surface area contributed by atoms with Gasteiger partial charge in [0.05, 0.1) is 12.1 Å². The zero-order valence-electron chi connectivity index (χ0n) is 7.64. The van der Waals surface area contributed by atoms with Gasteiger partial charge >= 0.3 is 0 Å². The number of hydrogen-bond donors (Lipinski definition) is 2. The Labute approximate surface area is 89.1 Å². The van der Waals surface area contributed by atoms with Crippen LogP contribution < -0.4 is 11.1 Å². The van der Waals surface area contributed by atoms with Crippen LogP contribution in [0.2, 0.25) is 0 Å². The molecular weight excluding hydrogens is 200 g/mol. The summed E-state index contributed by atoms with van der Waals surface area (Å²) in [7, 11) is 0. The molecule has 3 nitrogen and oxygen atoms in total. The first kappa shape index (κ1) is 11.0. The largest absolute Gasteiger partial charge is 0.348 e. The van der Waals surface area contributed by atoms with Crippen molar-refractivity contribution in [3.05, 3.63) is 35.9 Å². The Balaban J connectivity index is 0.000000980. The molecule has 1 aliphatic rings. The van der Waals surface area contributed by atoms with Gasteiger partial charge in [0.2, 0.25) is 5.91 Å². The topological polar surface area (TPSA) is 55.1 Å². The average Bonchev–Trinajstić information content (AvgIpc) is 2.49. The van der Waals surface area contributed by atoms with Crippen LogP contribution >= 0.6 is 12.4 Å². The van der Waals surface area contributed by atoms with E-state index in [1.807, 2.05) is 30.3 Å². The number of nitrogens with two attached hydrogens (primary N) is 1. The van der Waals surface area contributed by atoms with Crippen LogP contribution in [0.5, 0.6) is 0 Å². The van der Waals surface area contributed by atoms with Gasteiger partial charge in [0.1, 0.15) is 0 Å². The average molecular weight is 213 g/mol. The molecule has 0 unspecified atom stereocenters. The fourth-order valence-corrected chi connectivity index (χ4v) is 1.60. The molecule has 2 atom stereocenters. The molecule has 2 rings (SSSR count). The van der Waals surface area contributed by atoms with Crippen LogP contribution in [0.3, 0.4) is 0 Å². The summed E-state index contributed by atoms with van der Waals surface area (Å²) in [4.78, 5) is 11.1. The second kappa shape index (κ2) is 4.44. The predicted molar refractivity (Wildman–Crippen MR) is 57.2 cm³/mol. The smallest absolute Gasteiger partial charge is 0.237 e. The molecule has 14 heavy (non-hydrogen) atoms. The van der Waals surface area contributed by atoms with Crippen LogP contribution in [0.15, 0.2) is 30.3 Å². The molecule has 3 N–H and O–H groups in total. The van der Waals surface area contributed by atoms with Gasteiger partial charge in [-0.2, -0.15) is 0 Å². The second-order valence-electron chi connectivity index (χ2n) is 3.31. The van der Waals surface area contributed by atoms with Gasteiger partial charge < -0.3 is 11.1 Å². The Kier molecular flexibility index (Phi) is 3.49. The standard InChI is InChI=1S/C10H12N2O.ClH/c11-8-6-9(12-10(8)13)7-4-2-1-3-5-7;/h1-5,8-9H,6,11H2,(H,12,13);1H/t8-,9-;/m1./s1. The highest BCUT2D eigenvalue weighted by Crippen LogP contribution is 2.22. The van der Waals surface area contributed by atoms with E-state index in [9.17, 15) is 4.79 Å². The second-order valence-corrected chi connectivity index (χ2v) is 3.31. The maximum atomic E-state index is 11.1. The van der Waals surface area contributed by atoms with Crippen molar-refractivity contribution in [3.63, 3.8) is 0 Å². The highest BCUT2D eigenvalue weighted by molar-refractivity contribution is 5.85. The zero-order valence-corrected chi connectivity index (χ0v) is 8.46. The van der Waals surface area contributed by atoms with E-state index < -0.39 is 0 Å². The number of carbonyl (C=O) groups excluding carboxylic acids is 1. The molecule has 0 saturated carbocycles. The van der Waals surface area contributed by atoms with Crippen LogP contribution in [0, 0.1) is 0 Å². The summed E-state index contributed by atoms with van der Waals surface area (Å²) in [6, 6.07) is 9.65. The van der Waals surface area contributed by atoms with Crippen LogP contribution in [-0.4, -0.2) is 11.9 Å². The molecule has 1 aliphatic heterocycles. The number of rotatable bonds is 1. The third kappa shape index (κ3) is 2.05. The molecule has 1 fully saturated rings. The van der Waals surface area contributed by atoms with Gasteiger partial charge in [0.15, 0.2) is 0 Å². The maximum absolute atomic E-state index is 11.1. The molecule has 1 heterocycles. The van der Waals surface area contributed by atoms with E-state index in [0.717, 1.165) is 5.56 Å². The van der Waals surface area contributed by atoms with E-state index in [0.29, 0.717) is 6.42 Å². The van der Waals surface area contributed by atoms with Gasteiger partial charge in [0.25, 0.3) is 0 Å². The molecule has 4 heteroatoms. The minimum absolute atomic E-state index is 0. The number of halogens is 1. The Morgan fingerprint density at radius 3 is 2.43 bits per heavy atom. The number of hydrogen-bond acceptors (Lipinski definition) is 2. The van der Waals surface area contributed by atoms with Crippen molar-refractivity contribution >= 4 is 18.3 Å². The summed E-state index contributed by atoms with van der Waals surface area (Å²) in [6.07, 6.45) is 0.697. The molecule has 0 radical (unpaired) electrons. The Morgan fingerprint density at radius 1 is 1.29 bits per heavy atom. The van der Waals surface area contributed by atoms with E-state index in [1.165, 1.54) is 0 Å². The van der Waals surface area contributed by atoms with Gasteiger partial charge in [-0.3, -0.25) is 4.79 Å². The highest BCUT2D eigenvalue weighted by atomic mass is 35.5. The molecule has 0 aromatic heterocycles. The minimum Gasteiger partial charge on any atom is -0.348 e. The Hall–Kier alpha value is -1.06. The summed E-state index contributed by atoms with van der Waals surface area (Å²) in [5.41, 5.74) is 6.72. The number of benzene rings is 1. The van der Waals surface area contributed by atoms with Gasteiger partial charge in [0, 0.05) is 0 Å². The van der Waals surface area contributed by atoms with Crippen LogP contribution in [0.25, 0.3) is 0 Å².